The number of unbranched alkanes of at least 4 members (excludes halogenated alkanes) is 3. The summed E-state index contributed by atoms with van der Waals surface area (Å²) in [5.41, 5.74) is 6.20. The number of nitrogen functional groups attached to an aromatic ring is 1. The molecule has 0 radical (unpaired) electrons. The van der Waals surface area contributed by atoms with Gasteiger partial charge in [0.05, 0.1) is 0 Å². The Balaban J connectivity index is 0.00000256. The summed E-state index contributed by atoms with van der Waals surface area (Å²) in [4.78, 5) is 1.27. The standard InChI is InChI=1S/C13H20N2S.ClH/c1-2-3-4-5-10-16-12-8-6-11(7-9-12)13(14)15;/h6-9H,2-5,10H2,1H3,(H3,14,15);1H. The zero-order chi connectivity index (χ0) is 11.8. The molecular formula is C13H21ClN2S. The second-order valence-corrected chi connectivity index (χ2v) is 5.02. The van der Waals surface area contributed by atoms with Crippen LogP contribution in [0.2, 0.25) is 0 Å². The Morgan fingerprint density at radius 3 is 2.35 bits per heavy atom. The second kappa shape index (κ2) is 9.37. The third-order valence-electron chi connectivity index (χ3n) is 2.43. The van der Waals surface area contributed by atoms with Crippen molar-refractivity contribution in [3.63, 3.8) is 0 Å². The second-order valence-electron chi connectivity index (χ2n) is 3.85. The van der Waals surface area contributed by atoms with E-state index < -0.39 is 0 Å². The van der Waals surface area contributed by atoms with Crippen LogP contribution in [0.3, 0.4) is 0 Å². The van der Waals surface area contributed by atoms with Crippen LogP contribution in [0.15, 0.2) is 29.2 Å². The fourth-order valence-corrected chi connectivity index (χ4v) is 2.36. The molecule has 4 heteroatoms. The predicted octanol–water partition coefficient (Wildman–Crippen LogP) is 4.06. The van der Waals surface area contributed by atoms with Crippen molar-refractivity contribution in [2.45, 2.75) is 37.5 Å². The lowest BCUT2D eigenvalue weighted by atomic mass is 10.2. The summed E-state index contributed by atoms with van der Waals surface area (Å²) in [6.45, 7) is 2.23. The summed E-state index contributed by atoms with van der Waals surface area (Å²) in [6.07, 6.45) is 5.24. The van der Waals surface area contributed by atoms with Gasteiger partial charge in [0.25, 0.3) is 0 Å². The minimum absolute atomic E-state index is 0. The number of thioether (sulfide) groups is 1. The molecule has 0 amide bonds. The molecule has 0 aromatic heterocycles. The van der Waals surface area contributed by atoms with E-state index in [0.717, 1.165) is 5.56 Å². The van der Waals surface area contributed by atoms with Crippen LogP contribution in [0.25, 0.3) is 0 Å². The molecule has 0 bridgehead atoms. The number of halogens is 1. The molecule has 0 unspecified atom stereocenters. The molecule has 0 saturated heterocycles. The van der Waals surface area contributed by atoms with Gasteiger partial charge in [0, 0.05) is 10.5 Å². The van der Waals surface area contributed by atoms with Crippen LogP contribution in [0, 0.1) is 5.41 Å². The fraction of sp³-hybridized carbons (Fsp3) is 0.462. The highest BCUT2D eigenvalue weighted by atomic mass is 35.5. The van der Waals surface area contributed by atoms with Crippen LogP contribution in [-0.2, 0) is 0 Å². The summed E-state index contributed by atoms with van der Waals surface area (Å²) in [5, 5.41) is 7.29. The molecular weight excluding hydrogens is 252 g/mol. The van der Waals surface area contributed by atoms with Gasteiger partial charge in [-0.05, 0) is 24.3 Å². The maximum Gasteiger partial charge on any atom is 0.122 e. The fourth-order valence-electron chi connectivity index (χ4n) is 1.45. The Morgan fingerprint density at radius 2 is 1.82 bits per heavy atom. The molecule has 1 rings (SSSR count). The van der Waals surface area contributed by atoms with Gasteiger partial charge in [-0.1, -0.05) is 38.3 Å². The first-order valence-corrected chi connectivity index (χ1v) is 6.80. The highest BCUT2D eigenvalue weighted by Gasteiger charge is 1.97. The molecule has 0 heterocycles. The average Bonchev–Trinajstić information content (AvgIpc) is 2.29. The molecule has 2 nitrogen and oxygen atoms in total. The van der Waals surface area contributed by atoms with Crippen molar-refractivity contribution in [2.75, 3.05) is 5.75 Å². The zero-order valence-corrected chi connectivity index (χ0v) is 11.9. The van der Waals surface area contributed by atoms with Gasteiger partial charge < -0.3 is 5.73 Å². The summed E-state index contributed by atoms with van der Waals surface area (Å²) in [5.74, 6) is 1.32. The predicted molar refractivity (Wildman–Crippen MR) is 79.6 cm³/mol. The number of hydrogen-bond acceptors (Lipinski definition) is 2. The first-order chi connectivity index (χ1) is 7.74. The van der Waals surface area contributed by atoms with Gasteiger partial charge in [-0.3, -0.25) is 5.41 Å². The van der Waals surface area contributed by atoms with Crippen LogP contribution in [-0.4, -0.2) is 11.6 Å². The quantitative estimate of drug-likeness (QED) is 0.340. The lowest BCUT2D eigenvalue weighted by Crippen LogP contribution is -2.10. The lowest BCUT2D eigenvalue weighted by molar-refractivity contribution is 0.706. The van der Waals surface area contributed by atoms with Gasteiger partial charge in [-0.25, -0.2) is 0 Å². The number of nitrogens with two attached hydrogens (primary N) is 1. The lowest BCUT2D eigenvalue weighted by Gasteiger charge is -2.03. The third kappa shape index (κ3) is 6.59. The van der Waals surface area contributed by atoms with Crippen molar-refractivity contribution in [3.8, 4) is 0 Å². The normalized spacial score (nSPS) is 9.71. The van der Waals surface area contributed by atoms with Crippen LogP contribution in [0.5, 0.6) is 0 Å². The molecule has 0 saturated carbocycles. The summed E-state index contributed by atoms with van der Waals surface area (Å²) < 4.78 is 0. The Morgan fingerprint density at radius 1 is 1.18 bits per heavy atom. The maximum atomic E-state index is 7.29. The van der Waals surface area contributed by atoms with E-state index in [1.807, 2.05) is 36.0 Å². The zero-order valence-electron chi connectivity index (χ0n) is 10.2. The Hall–Kier alpha value is -0.670. The van der Waals surface area contributed by atoms with E-state index in [4.69, 9.17) is 11.1 Å². The van der Waals surface area contributed by atoms with Crippen molar-refractivity contribution >= 4 is 30.0 Å². The van der Waals surface area contributed by atoms with Crippen molar-refractivity contribution in [2.24, 2.45) is 5.73 Å². The van der Waals surface area contributed by atoms with E-state index in [9.17, 15) is 0 Å². The average molecular weight is 273 g/mol. The van der Waals surface area contributed by atoms with Crippen LogP contribution < -0.4 is 5.73 Å². The highest BCUT2D eigenvalue weighted by molar-refractivity contribution is 7.99. The van der Waals surface area contributed by atoms with Gasteiger partial charge in [0.2, 0.25) is 0 Å². The molecule has 0 spiro atoms. The summed E-state index contributed by atoms with van der Waals surface area (Å²) >= 11 is 1.88. The molecule has 0 aliphatic rings. The van der Waals surface area contributed by atoms with E-state index in [2.05, 4.69) is 6.92 Å². The van der Waals surface area contributed by atoms with E-state index in [0.29, 0.717) is 0 Å². The van der Waals surface area contributed by atoms with Crippen molar-refractivity contribution in [1.82, 2.24) is 0 Å². The number of rotatable bonds is 7. The first kappa shape index (κ1) is 16.3. The summed E-state index contributed by atoms with van der Waals surface area (Å²) in [6, 6.07) is 7.91. The van der Waals surface area contributed by atoms with Crippen molar-refractivity contribution in [3.05, 3.63) is 29.8 Å². The van der Waals surface area contributed by atoms with Crippen LogP contribution in [0.4, 0.5) is 0 Å². The Kier molecular flexibility index (Phi) is 9.00. The molecule has 3 N–H and O–H groups in total. The molecule has 0 aliphatic carbocycles. The number of benzene rings is 1. The molecule has 1 aromatic carbocycles. The maximum absolute atomic E-state index is 7.29. The Labute approximate surface area is 114 Å². The molecule has 0 fully saturated rings. The Bertz CT molecular complexity index is 325. The van der Waals surface area contributed by atoms with Gasteiger partial charge in [0.1, 0.15) is 5.84 Å². The van der Waals surface area contributed by atoms with Gasteiger partial charge in [-0.15, -0.1) is 24.2 Å². The van der Waals surface area contributed by atoms with Crippen LogP contribution in [0.1, 0.15) is 38.2 Å². The largest absolute Gasteiger partial charge is 0.384 e. The monoisotopic (exact) mass is 272 g/mol. The van der Waals surface area contributed by atoms with E-state index in [1.54, 1.807) is 0 Å². The van der Waals surface area contributed by atoms with Gasteiger partial charge in [-0.2, -0.15) is 0 Å². The van der Waals surface area contributed by atoms with Crippen molar-refractivity contribution in [1.29, 1.82) is 5.41 Å². The number of amidine groups is 1. The highest BCUT2D eigenvalue weighted by Crippen LogP contribution is 2.20. The topological polar surface area (TPSA) is 49.9 Å². The minimum Gasteiger partial charge on any atom is -0.384 e. The number of nitrogens with one attached hydrogen (secondary N) is 1. The third-order valence-corrected chi connectivity index (χ3v) is 3.53. The molecule has 0 aliphatic heterocycles. The van der Waals surface area contributed by atoms with E-state index >= 15 is 0 Å². The SMILES string of the molecule is CCCCCCSc1ccc(C(=N)N)cc1.Cl. The molecule has 96 valence electrons. The smallest absolute Gasteiger partial charge is 0.122 e. The molecule has 0 atom stereocenters. The number of hydrogen-bond donors (Lipinski definition) is 2. The summed E-state index contributed by atoms with van der Waals surface area (Å²) in [7, 11) is 0. The van der Waals surface area contributed by atoms with E-state index in [1.165, 1.54) is 36.3 Å². The molecule has 17 heavy (non-hydrogen) atoms. The van der Waals surface area contributed by atoms with Gasteiger partial charge in [0.15, 0.2) is 0 Å². The minimum atomic E-state index is 0. The van der Waals surface area contributed by atoms with Gasteiger partial charge >= 0.3 is 0 Å². The van der Waals surface area contributed by atoms with Crippen LogP contribution >= 0.6 is 24.2 Å². The first-order valence-electron chi connectivity index (χ1n) is 5.81. The van der Waals surface area contributed by atoms with E-state index in [-0.39, 0.29) is 18.2 Å². The molecule has 1 aromatic rings. The van der Waals surface area contributed by atoms with Crippen molar-refractivity contribution < 1.29 is 0 Å².